The molecule has 2 fully saturated rings. The van der Waals surface area contributed by atoms with Gasteiger partial charge in [-0.25, -0.2) is 0 Å². The van der Waals surface area contributed by atoms with Crippen molar-refractivity contribution < 1.29 is 4.79 Å². The van der Waals surface area contributed by atoms with Crippen LogP contribution < -0.4 is 5.32 Å². The highest BCUT2D eigenvalue weighted by Gasteiger charge is 2.27. The second-order valence-corrected chi connectivity index (χ2v) is 9.14. The molecule has 2 heterocycles. The summed E-state index contributed by atoms with van der Waals surface area (Å²) in [5.74, 6) is 0.645. The van der Waals surface area contributed by atoms with Crippen LogP contribution in [0.3, 0.4) is 0 Å². The van der Waals surface area contributed by atoms with Crippen LogP contribution in [0.1, 0.15) is 28.9 Å². The molecular formula is C25H31N5O. The summed E-state index contributed by atoms with van der Waals surface area (Å²) in [4.78, 5) is 18.0. The Morgan fingerprint density at radius 3 is 2.61 bits per heavy atom. The summed E-state index contributed by atoms with van der Waals surface area (Å²) in [6, 6.07) is 18.7. The summed E-state index contributed by atoms with van der Waals surface area (Å²) in [5.41, 5.74) is 2.92. The van der Waals surface area contributed by atoms with Crippen LogP contribution in [0.4, 0.5) is 0 Å². The van der Waals surface area contributed by atoms with Gasteiger partial charge in [-0.1, -0.05) is 48.5 Å². The van der Waals surface area contributed by atoms with Crippen LogP contribution >= 0.6 is 0 Å². The molecule has 1 atom stereocenters. The molecule has 0 spiro atoms. The molecule has 1 unspecified atom stereocenters. The van der Waals surface area contributed by atoms with Crippen molar-refractivity contribution in [1.29, 1.82) is 0 Å². The number of nitrogens with one attached hydrogen (secondary N) is 1. The van der Waals surface area contributed by atoms with E-state index in [9.17, 15) is 4.79 Å². The lowest BCUT2D eigenvalue weighted by Crippen LogP contribution is -2.46. The summed E-state index contributed by atoms with van der Waals surface area (Å²) in [5, 5.41) is 8.99. The molecule has 1 amide bonds. The van der Waals surface area contributed by atoms with Crippen molar-refractivity contribution in [3.05, 3.63) is 65.9 Å². The zero-order valence-corrected chi connectivity index (χ0v) is 18.2. The van der Waals surface area contributed by atoms with Crippen LogP contribution in [0.15, 0.2) is 54.6 Å². The number of rotatable bonds is 6. The molecule has 2 aromatic carbocycles. The molecule has 2 aliphatic rings. The van der Waals surface area contributed by atoms with E-state index in [0.717, 1.165) is 50.2 Å². The van der Waals surface area contributed by atoms with E-state index >= 15 is 0 Å². The van der Waals surface area contributed by atoms with Crippen molar-refractivity contribution in [3.8, 4) is 0 Å². The van der Waals surface area contributed by atoms with Gasteiger partial charge in [0.2, 0.25) is 0 Å². The van der Waals surface area contributed by atoms with E-state index in [0.29, 0.717) is 11.6 Å². The summed E-state index contributed by atoms with van der Waals surface area (Å²) in [7, 11) is 2.13. The third kappa shape index (κ3) is 4.81. The first kappa shape index (κ1) is 20.2. The number of likely N-dealkylation sites (N-methyl/N-ethyl adjacent to an activating group) is 1. The van der Waals surface area contributed by atoms with Crippen molar-refractivity contribution in [2.24, 2.45) is 5.92 Å². The molecule has 6 heteroatoms. The third-order valence-corrected chi connectivity index (χ3v) is 6.39. The Morgan fingerprint density at radius 1 is 1.03 bits per heavy atom. The number of aromatic nitrogens is 2. The van der Waals surface area contributed by atoms with Crippen LogP contribution in [0.5, 0.6) is 0 Å². The van der Waals surface area contributed by atoms with Gasteiger partial charge in [0.15, 0.2) is 5.69 Å². The summed E-state index contributed by atoms with van der Waals surface area (Å²) in [6.07, 6.45) is 2.53. The molecule has 1 aliphatic carbocycles. The largest absolute Gasteiger partial charge is 0.345 e. The Labute approximate surface area is 183 Å². The zero-order valence-electron chi connectivity index (χ0n) is 18.2. The van der Waals surface area contributed by atoms with Crippen molar-refractivity contribution in [1.82, 2.24) is 24.9 Å². The SMILES string of the molecule is CN1CCN(Cc2ccccc2)CC(NC(=O)c2nn(CC3CC3)c3ccccc23)C1. The molecule has 0 bridgehead atoms. The quantitative estimate of drug-likeness (QED) is 0.670. The van der Waals surface area contributed by atoms with E-state index in [-0.39, 0.29) is 11.9 Å². The highest BCUT2D eigenvalue weighted by atomic mass is 16.2. The first-order chi connectivity index (χ1) is 15.2. The van der Waals surface area contributed by atoms with Gasteiger partial charge in [0.25, 0.3) is 5.91 Å². The molecule has 1 aliphatic heterocycles. The predicted octanol–water partition coefficient (Wildman–Crippen LogP) is 2.99. The topological polar surface area (TPSA) is 53.4 Å². The van der Waals surface area contributed by atoms with Gasteiger partial charge in [0.1, 0.15) is 0 Å². The number of nitrogens with zero attached hydrogens (tertiary/aromatic N) is 4. The molecule has 31 heavy (non-hydrogen) atoms. The van der Waals surface area contributed by atoms with Crippen LogP contribution in [0.25, 0.3) is 10.9 Å². The average Bonchev–Trinajstić information content (AvgIpc) is 3.54. The van der Waals surface area contributed by atoms with Crippen molar-refractivity contribution in [2.45, 2.75) is 32.0 Å². The molecule has 1 saturated heterocycles. The minimum atomic E-state index is -0.0642. The number of carbonyl (C=O) groups excluding carboxylic acids is 1. The minimum Gasteiger partial charge on any atom is -0.345 e. The number of hydrogen-bond donors (Lipinski definition) is 1. The Balaban J connectivity index is 1.32. The minimum absolute atomic E-state index is 0.0642. The number of hydrogen-bond acceptors (Lipinski definition) is 4. The first-order valence-electron chi connectivity index (χ1n) is 11.4. The normalized spacial score (nSPS) is 20.6. The van der Waals surface area contributed by atoms with Gasteiger partial charge in [0, 0.05) is 44.7 Å². The molecular weight excluding hydrogens is 386 g/mol. The maximum absolute atomic E-state index is 13.3. The monoisotopic (exact) mass is 417 g/mol. The number of carbonyl (C=O) groups is 1. The fraction of sp³-hybridized carbons (Fsp3) is 0.440. The van der Waals surface area contributed by atoms with Gasteiger partial charge in [-0.3, -0.25) is 14.4 Å². The predicted molar refractivity (Wildman–Crippen MR) is 123 cm³/mol. The van der Waals surface area contributed by atoms with Crippen LogP contribution in [-0.2, 0) is 13.1 Å². The van der Waals surface area contributed by atoms with Crippen LogP contribution in [0.2, 0.25) is 0 Å². The van der Waals surface area contributed by atoms with Gasteiger partial charge in [0.05, 0.1) is 11.6 Å². The number of amides is 1. The molecule has 1 aromatic heterocycles. The van der Waals surface area contributed by atoms with Gasteiger partial charge < -0.3 is 10.2 Å². The highest BCUT2D eigenvalue weighted by Crippen LogP contribution is 2.32. The standard InChI is InChI=1S/C25H31N5O/c1-28-13-14-29(15-19-7-3-2-4-8-19)18-21(17-28)26-25(31)24-22-9-5-6-10-23(22)30(27-24)16-20-11-12-20/h2-10,20-21H,11-18H2,1H3,(H,26,31). The van der Waals surface area contributed by atoms with E-state index in [1.54, 1.807) is 0 Å². The van der Waals surface area contributed by atoms with Crippen LogP contribution in [0, 0.1) is 5.92 Å². The molecule has 1 N–H and O–H groups in total. The smallest absolute Gasteiger partial charge is 0.272 e. The van der Waals surface area contributed by atoms with Gasteiger partial charge in [-0.2, -0.15) is 5.10 Å². The zero-order chi connectivity index (χ0) is 21.2. The van der Waals surface area contributed by atoms with Gasteiger partial charge in [-0.05, 0) is 37.4 Å². The second-order valence-electron chi connectivity index (χ2n) is 9.14. The molecule has 3 aromatic rings. The summed E-state index contributed by atoms with van der Waals surface area (Å²) < 4.78 is 2.03. The van der Waals surface area contributed by atoms with Crippen LogP contribution in [-0.4, -0.2) is 64.8 Å². The lowest BCUT2D eigenvalue weighted by Gasteiger charge is -2.24. The van der Waals surface area contributed by atoms with Crippen molar-refractivity contribution in [2.75, 3.05) is 33.2 Å². The fourth-order valence-electron chi connectivity index (χ4n) is 4.55. The second kappa shape index (κ2) is 8.81. The maximum Gasteiger partial charge on any atom is 0.272 e. The highest BCUT2D eigenvalue weighted by molar-refractivity contribution is 6.05. The molecule has 162 valence electrons. The van der Waals surface area contributed by atoms with E-state index in [2.05, 4.69) is 58.6 Å². The number of fused-ring (bicyclic) bond motifs is 1. The van der Waals surface area contributed by atoms with E-state index in [4.69, 9.17) is 5.10 Å². The fourth-order valence-corrected chi connectivity index (χ4v) is 4.55. The van der Waals surface area contributed by atoms with Gasteiger partial charge >= 0.3 is 0 Å². The van der Waals surface area contributed by atoms with E-state index < -0.39 is 0 Å². The average molecular weight is 418 g/mol. The molecule has 0 radical (unpaired) electrons. The van der Waals surface area contributed by atoms with Crippen molar-refractivity contribution in [3.63, 3.8) is 0 Å². The molecule has 5 rings (SSSR count). The molecule has 1 saturated carbocycles. The Hall–Kier alpha value is -2.70. The Bertz CT molecular complexity index is 1040. The lowest BCUT2D eigenvalue weighted by atomic mass is 10.1. The van der Waals surface area contributed by atoms with E-state index in [1.807, 2.05) is 22.9 Å². The summed E-state index contributed by atoms with van der Waals surface area (Å²) >= 11 is 0. The Kier molecular flexibility index (Phi) is 5.74. The third-order valence-electron chi connectivity index (χ3n) is 6.39. The summed E-state index contributed by atoms with van der Waals surface area (Å²) in [6.45, 7) is 5.49. The number of benzene rings is 2. The number of para-hydroxylation sites is 1. The maximum atomic E-state index is 13.3. The Morgan fingerprint density at radius 2 is 1.81 bits per heavy atom. The first-order valence-corrected chi connectivity index (χ1v) is 11.4. The van der Waals surface area contributed by atoms with Gasteiger partial charge in [-0.15, -0.1) is 0 Å². The van der Waals surface area contributed by atoms with Crippen molar-refractivity contribution >= 4 is 16.8 Å². The molecule has 6 nitrogen and oxygen atoms in total. The van der Waals surface area contributed by atoms with E-state index in [1.165, 1.54) is 18.4 Å². The lowest BCUT2D eigenvalue weighted by molar-refractivity contribution is 0.0919.